The van der Waals surface area contributed by atoms with Crippen LogP contribution < -0.4 is 4.90 Å². The smallest absolute Gasteiger partial charge is 0.245 e. The molecule has 148 valence electrons. The molecule has 0 N–H and O–H groups in total. The first kappa shape index (κ1) is 19.4. The van der Waals surface area contributed by atoms with Gasteiger partial charge in [0.05, 0.1) is 4.90 Å². The number of amides is 1. The van der Waals surface area contributed by atoms with Crippen molar-refractivity contribution < 1.29 is 13.2 Å². The van der Waals surface area contributed by atoms with Gasteiger partial charge in [0.15, 0.2) is 0 Å². The molecule has 2 atom stereocenters. The molecule has 0 aromatic heterocycles. The molecule has 0 spiro atoms. The quantitative estimate of drug-likeness (QED) is 0.760. The summed E-state index contributed by atoms with van der Waals surface area (Å²) >= 11 is 5.91. The summed E-state index contributed by atoms with van der Waals surface area (Å²) in [6.45, 7) is 2.37. The van der Waals surface area contributed by atoms with Crippen molar-refractivity contribution >= 4 is 33.2 Å². The highest BCUT2D eigenvalue weighted by Crippen LogP contribution is 2.35. The lowest BCUT2D eigenvalue weighted by molar-refractivity contribution is -0.123. The van der Waals surface area contributed by atoms with E-state index in [1.54, 1.807) is 17.0 Å². The zero-order valence-corrected chi connectivity index (χ0v) is 17.3. The fraction of sp³-hybridized carbons (Fsp3) is 0.381. The topological polar surface area (TPSA) is 57.7 Å². The van der Waals surface area contributed by atoms with Gasteiger partial charge < -0.3 is 4.90 Å². The number of fused-ring (bicyclic) bond motifs is 1. The molecule has 7 heteroatoms. The second-order valence-electron chi connectivity index (χ2n) is 7.47. The minimum Gasteiger partial charge on any atom is -0.308 e. The van der Waals surface area contributed by atoms with Crippen molar-refractivity contribution in [3.05, 3.63) is 59.1 Å². The van der Waals surface area contributed by atoms with Crippen LogP contribution in [0.25, 0.3) is 0 Å². The molecule has 28 heavy (non-hydrogen) atoms. The average molecular weight is 419 g/mol. The van der Waals surface area contributed by atoms with Crippen molar-refractivity contribution in [2.24, 2.45) is 0 Å². The van der Waals surface area contributed by atoms with Gasteiger partial charge in [0.2, 0.25) is 15.9 Å². The number of hydrogen-bond acceptors (Lipinski definition) is 3. The highest BCUT2D eigenvalue weighted by molar-refractivity contribution is 7.89. The molecule has 0 radical (unpaired) electrons. The van der Waals surface area contributed by atoms with Crippen molar-refractivity contribution in [3.8, 4) is 0 Å². The zero-order chi connectivity index (χ0) is 19.9. The summed E-state index contributed by atoms with van der Waals surface area (Å²) in [6, 6.07) is 13.3. The van der Waals surface area contributed by atoms with E-state index in [2.05, 4.69) is 0 Å². The van der Waals surface area contributed by atoms with E-state index in [1.165, 1.54) is 16.4 Å². The molecule has 0 aliphatic carbocycles. The third-order valence-electron chi connectivity index (χ3n) is 5.60. The van der Waals surface area contributed by atoms with Crippen molar-refractivity contribution in [1.82, 2.24) is 4.31 Å². The molecule has 2 aromatic rings. The first-order chi connectivity index (χ1) is 13.4. The first-order valence-electron chi connectivity index (χ1n) is 9.58. The number of para-hydroxylation sites is 1. The normalized spacial score (nSPS) is 22.9. The monoisotopic (exact) mass is 418 g/mol. The fourth-order valence-corrected chi connectivity index (χ4v) is 6.02. The van der Waals surface area contributed by atoms with Crippen molar-refractivity contribution in [2.75, 3.05) is 11.4 Å². The van der Waals surface area contributed by atoms with Crippen molar-refractivity contribution in [3.63, 3.8) is 0 Å². The number of benzene rings is 2. The molecule has 1 fully saturated rings. The summed E-state index contributed by atoms with van der Waals surface area (Å²) in [5.41, 5.74) is 2.03. The summed E-state index contributed by atoms with van der Waals surface area (Å²) < 4.78 is 27.9. The minimum absolute atomic E-state index is 0.0203. The Kier molecular flexibility index (Phi) is 5.21. The molecule has 0 bridgehead atoms. The van der Waals surface area contributed by atoms with Gasteiger partial charge in [-0.05, 0) is 62.1 Å². The molecule has 2 heterocycles. The van der Waals surface area contributed by atoms with Gasteiger partial charge in [-0.25, -0.2) is 8.42 Å². The number of rotatable bonds is 3. The van der Waals surface area contributed by atoms with Gasteiger partial charge in [0, 0.05) is 23.3 Å². The van der Waals surface area contributed by atoms with Crippen LogP contribution in [0, 0.1) is 0 Å². The Bertz CT molecular complexity index is 991. The maximum atomic E-state index is 13.5. The molecule has 5 nitrogen and oxygen atoms in total. The van der Waals surface area contributed by atoms with E-state index < -0.39 is 16.1 Å². The van der Waals surface area contributed by atoms with E-state index in [0.717, 1.165) is 30.5 Å². The molecule has 2 unspecified atom stereocenters. The van der Waals surface area contributed by atoms with Crippen LogP contribution in [0.2, 0.25) is 5.02 Å². The Morgan fingerprint density at radius 3 is 2.54 bits per heavy atom. The lowest BCUT2D eigenvalue weighted by Crippen LogP contribution is -2.54. The molecular weight excluding hydrogens is 396 g/mol. The number of anilines is 1. The van der Waals surface area contributed by atoms with Crippen molar-refractivity contribution in [2.45, 2.75) is 49.6 Å². The second kappa shape index (κ2) is 7.50. The van der Waals surface area contributed by atoms with Gasteiger partial charge in [-0.3, -0.25) is 4.79 Å². The van der Waals surface area contributed by atoms with Crippen LogP contribution in [-0.4, -0.2) is 37.3 Å². The SMILES string of the molecule is CC1Cc2ccccc2N1C(=O)C1CCCCN1S(=O)(=O)c1ccc(Cl)cc1. The van der Waals surface area contributed by atoms with Gasteiger partial charge in [0.1, 0.15) is 6.04 Å². The lowest BCUT2D eigenvalue weighted by Gasteiger charge is -2.37. The highest BCUT2D eigenvalue weighted by atomic mass is 35.5. The van der Waals surface area contributed by atoms with Crippen LogP contribution in [-0.2, 0) is 21.2 Å². The van der Waals surface area contributed by atoms with Crippen LogP contribution in [0.1, 0.15) is 31.7 Å². The number of hydrogen-bond donors (Lipinski definition) is 0. The van der Waals surface area contributed by atoms with Gasteiger partial charge in [-0.15, -0.1) is 0 Å². The maximum Gasteiger partial charge on any atom is 0.245 e. The third kappa shape index (κ3) is 3.34. The molecule has 4 rings (SSSR count). The summed E-state index contributed by atoms with van der Waals surface area (Å²) in [5.74, 6) is -0.130. The summed E-state index contributed by atoms with van der Waals surface area (Å²) in [5, 5.41) is 0.479. The van der Waals surface area contributed by atoms with E-state index in [9.17, 15) is 13.2 Å². The van der Waals surface area contributed by atoms with Crippen LogP contribution in [0.5, 0.6) is 0 Å². The number of carbonyl (C=O) groups excluding carboxylic acids is 1. The summed E-state index contributed by atoms with van der Waals surface area (Å²) in [6.07, 6.45) is 2.92. The molecule has 1 amide bonds. The Balaban J connectivity index is 1.68. The third-order valence-corrected chi connectivity index (χ3v) is 7.78. The van der Waals surface area contributed by atoms with Crippen LogP contribution in [0.3, 0.4) is 0 Å². The van der Waals surface area contributed by atoms with Crippen LogP contribution >= 0.6 is 11.6 Å². The van der Waals surface area contributed by atoms with Gasteiger partial charge in [-0.2, -0.15) is 4.31 Å². The molecule has 2 aliphatic rings. The van der Waals surface area contributed by atoms with E-state index in [4.69, 9.17) is 11.6 Å². The molecule has 2 aliphatic heterocycles. The summed E-state index contributed by atoms with van der Waals surface area (Å²) in [7, 11) is -3.77. The predicted molar refractivity (Wildman–Crippen MR) is 110 cm³/mol. The van der Waals surface area contributed by atoms with E-state index in [-0.39, 0.29) is 16.8 Å². The average Bonchev–Trinajstić information content (AvgIpc) is 3.03. The standard InChI is InChI=1S/C21H23ClN2O3S/c1-15-14-16-6-2-3-7-19(16)24(15)21(25)20-8-4-5-13-23(20)28(26,27)18-11-9-17(22)10-12-18/h2-3,6-7,9-12,15,20H,4-5,8,13-14H2,1H3. The van der Waals surface area contributed by atoms with E-state index >= 15 is 0 Å². The molecule has 1 saturated heterocycles. The predicted octanol–water partition coefficient (Wildman–Crippen LogP) is 3.86. The largest absolute Gasteiger partial charge is 0.308 e. The highest BCUT2D eigenvalue weighted by Gasteiger charge is 2.42. The van der Waals surface area contributed by atoms with Gasteiger partial charge >= 0.3 is 0 Å². The zero-order valence-electron chi connectivity index (χ0n) is 15.7. The van der Waals surface area contributed by atoms with Gasteiger partial charge in [-0.1, -0.05) is 36.2 Å². The second-order valence-corrected chi connectivity index (χ2v) is 9.80. The number of nitrogens with zero attached hydrogens (tertiary/aromatic N) is 2. The molecular formula is C21H23ClN2O3S. The van der Waals surface area contributed by atoms with E-state index in [0.29, 0.717) is 18.0 Å². The maximum absolute atomic E-state index is 13.5. The van der Waals surface area contributed by atoms with Crippen molar-refractivity contribution in [1.29, 1.82) is 0 Å². The van der Waals surface area contributed by atoms with Gasteiger partial charge in [0.25, 0.3) is 0 Å². The Morgan fingerprint density at radius 1 is 1.07 bits per heavy atom. The Hall–Kier alpha value is -1.89. The number of carbonyl (C=O) groups is 1. The number of sulfonamides is 1. The Morgan fingerprint density at radius 2 is 1.79 bits per heavy atom. The van der Waals surface area contributed by atoms with E-state index in [1.807, 2.05) is 31.2 Å². The Labute approximate surface area is 171 Å². The number of halogens is 1. The summed E-state index contributed by atoms with van der Waals surface area (Å²) in [4.78, 5) is 15.5. The van der Waals surface area contributed by atoms with Crippen LogP contribution in [0.15, 0.2) is 53.4 Å². The lowest BCUT2D eigenvalue weighted by atomic mass is 10.0. The fourth-order valence-electron chi connectivity index (χ4n) is 4.24. The molecule has 2 aromatic carbocycles. The molecule has 0 saturated carbocycles. The first-order valence-corrected chi connectivity index (χ1v) is 11.4. The van der Waals surface area contributed by atoms with Crippen LogP contribution in [0.4, 0.5) is 5.69 Å². The number of piperidine rings is 1. The minimum atomic E-state index is -3.77.